The fourth-order valence-corrected chi connectivity index (χ4v) is 7.84. The molecule has 0 saturated carbocycles. The lowest BCUT2D eigenvalue weighted by Gasteiger charge is -2.21. The zero-order valence-corrected chi connectivity index (χ0v) is 39.4. The number of hydrogen-bond acceptors (Lipinski definition) is 4. The Kier molecular flexibility index (Phi) is 47.6. The SMILES string of the molecule is CCCCCCCCCCCCCC/C=C\CCCCCCCCC(O)CC(=O)NC(CO)C(O)/C=C/CC/C=C/CC/C=C/CCCCCCCCCCCCCC. The van der Waals surface area contributed by atoms with Gasteiger partial charge in [-0.05, 0) is 70.6 Å². The van der Waals surface area contributed by atoms with Crippen LogP contribution in [0.5, 0.6) is 0 Å². The number of allylic oxidation sites excluding steroid dienone is 7. The summed E-state index contributed by atoms with van der Waals surface area (Å²) in [6.45, 7) is 4.22. The predicted molar refractivity (Wildman–Crippen MR) is 259 cm³/mol. The maximum atomic E-state index is 12.5. The highest BCUT2D eigenvalue weighted by Crippen LogP contribution is 2.16. The second kappa shape index (κ2) is 49.0. The first-order chi connectivity index (χ1) is 29.0. The summed E-state index contributed by atoms with van der Waals surface area (Å²) in [6, 6.07) is -0.771. The Morgan fingerprint density at radius 2 is 0.729 bits per heavy atom. The molecule has 0 spiro atoms. The van der Waals surface area contributed by atoms with Gasteiger partial charge in [0.2, 0.25) is 5.91 Å². The van der Waals surface area contributed by atoms with Gasteiger partial charge in [-0.15, -0.1) is 0 Å². The van der Waals surface area contributed by atoms with Crippen LogP contribution >= 0.6 is 0 Å². The minimum atomic E-state index is -0.963. The molecule has 0 aliphatic heterocycles. The largest absolute Gasteiger partial charge is 0.394 e. The van der Waals surface area contributed by atoms with Gasteiger partial charge in [-0.1, -0.05) is 236 Å². The number of amides is 1. The molecular formula is C54H101NO4. The molecular weight excluding hydrogens is 727 g/mol. The molecule has 0 aliphatic carbocycles. The third kappa shape index (κ3) is 45.7. The molecule has 0 heterocycles. The van der Waals surface area contributed by atoms with Crippen LogP contribution < -0.4 is 5.32 Å². The van der Waals surface area contributed by atoms with E-state index in [4.69, 9.17) is 0 Å². The maximum Gasteiger partial charge on any atom is 0.222 e. The van der Waals surface area contributed by atoms with Crippen LogP contribution in [0.1, 0.15) is 264 Å². The van der Waals surface area contributed by atoms with Crippen molar-refractivity contribution in [3.05, 3.63) is 48.6 Å². The van der Waals surface area contributed by atoms with Gasteiger partial charge in [0.25, 0.3) is 0 Å². The first kappa shape index (κ1) is 57.3. The van der Waals surface area contributed by atoms with Gasteiger partial charge in [0.1, 0.15) is 0 Å². The number of rotatable bonds is 47. The second-order valence-electron chi connectivity index (χ2n) is 17.8. The average Bonchev–Trinajstić information content (AvgIpc) is 3.23. The van der Waals surface area contributed by atoms with E-state index in [1.54, 1.807) is 6.08 Å². The van der Waals surface area contributed by atoms with E-state index in [0.29, 0.717) is 6.42 Å². The quantitative estimate of drug-likeness (QED) is 0.0363. The summed E-state index contributed by atoms with van der Waals surface area (Å²) >= 11 is 0. The summed E-state index contributed by atoms with van der Waals surface area (Å²) in [5, 5.41) is 33.3. The molecule has 5 nitrogen and oxygen atoms in total. The van der Waals surface area contributed by atoms with Crippen molar-refractivity contribution in [1.82, 2.24) is 5.32 Å². The standard InChI is InChI=1S/C54H101NO4/c1-3-5-7-9-11-13-15-17-19-21-23-25-27-29-31-33-35-37-39-41-43-45-47-51(57)49-54(59)55-52(50-56)53(58)48-46-44-42-40-38-36-34-32-30-28-26-24-22-20-18-16-14-12-10-8-6-4-2/h29-32,38,40,46,48,51-53,56-58H,3-28,33-37,39,41-45,47,49-50H2,1-2H3,(H,55,59)/b31-29-,32-30+,40-38+,48-46+. The molecule has 1 amide bonds. The van der Waals surface area contributed by atoms with Gasteiger partial charge >= 0.3 is 0 Å². The molecule has 3 atom stereocenters. The summed E-state index contributed by atoms with van der Waals surface area (Å²) in [4.78, 5) is 12.5. The van der Waals surface area contributed by atoms with Crippen molar-refractivity contribution in [2.45, 2.75) is 283 Å². The first-order valence-corrected chi connectivity index (χ1v) is 25.9. The smallest absolute Gasteiger partial charge is 0.222 e. The van der Waals surface area contributed by atoms with E-state index in [2.05, 4.69) is 55.6 Å². The number of carbonyl (C=O) groups is 1. The number of nitrogens with one attached hydrogen (secondary N) is 1. The van der Waals surface area contributed by atoms with Crippen molar-refractivity contribution >= 4 is 5.91 Å². The second-order valence-corrected chi connectivity index (χ2v) is 17.8. The van der Waals surface area contributed by atoms with Crippen molar-refractivity contribution in [3.8, 4) is 0 Å². The van der Waals surface area contributed by atoms with Crippen molar-refractivity contribution in [1.29, 1.82) is 0 Å². The summed E-state index contributed by atoms with van der Waals surface area (Å²) in [6.07, 6.45) is 64.2. The molecule has 0 rings (SSSR count). The van der Waals surface area contributed by atoms with Gasteiger partial charge in [0.15, 0.2) is 0 Å². The molecule has 3 unspecified atom stereocenters. The van der Waals surface area contributed by atoms with Crippen molar-refractivity contribution in [3.63, 3.8) is 0 Å². The van der Waals surface area contributed by atoms with Crippen molar-refractivity contribution in [2.24, 2.45) is 0 Å². The minimum absolute atomic E-state index is 0.00208. The Labute approximate surface area is 367 Å². The Morgan fingerprint density at radius 3 is 1.08 bits per heavy atom. The van der Waals surface area contributed by atoms with Crippen LogP contribution in [0.15, 0.2) is 48.6 Å². The first-order valence-electron chi connectivity index (χ1n) is 25.9. The zero-order chi connectivity index (χ0) is 43.0. The number of hydrogen-bond donors (Lipinski definition) is 4. The van der Waals surface area contributed by atoms with Gasteiger partial charge in [0.05, 0.1) is 31.3 Å². The molecule has 59 heavy (non-hydrogen) atoms. The van der Waals surface area contributed by atoms with E-state index in [9.17, 15) is 20.1 Å². The maximum absolute atomic E-state index is 12.5. The van der Waals surface area contributed by atoms with Crippen LogP contribution in [0.3, 0.4) is 0 Å². The van der Waals surface area contributed by atoms with Crippen LogP contribution in [0, 0.1) is 0 Å². The number of carbonyl (C=O) groups excluding carboxylic acids is 1. The van der Waals surface area contributed by atoms with E-state index in [1.807, 2.05) is 6.08 Å². The van der Waals surface area contributed by atoms with Crippen LogP contribution in [-0.4, -0.2) is 46.1 Å². The number of unbranched alkanes of at least 4 members (excludes halogenated alkanes) is 32. The Morgan fingerprint density at radius 1 is 0.424 bits per heavy atom. The highest BCUT2D eigenvalue weighted by molar-refractivity contribution is 5.76. The number of aliphatic hydroxyl groups excluding tert-OH is 3. The van der Waals surface area contributed by atoms with E-state index < -0.39 is 18.2 Å². The van der Waals surface area contributed by atoms with Gasteiger partial charge < -0.3 is 20.6 Å². The van der Waals surface area contributed by atoms with Gasteiger partial charge in [0, 0.05) is 0 Å². The zero-order valence-electron chi connectivity index (χ0n) is 39.4. The molecule has 0 aromatic heterocycles. The molecule has 0 aromatic carbocycles. The van der Waals surface area contributed by atoms with Crippen molar-refractivity contribution < 1.29 is 20.1 Å². The summed E-state index contributed by atoms with van der Waals surface area (Å²) < 4.78 is 0. The molecule has 5 heteroatoms. The van der Waals surface area contributed by atoms with Crippen LogP contribution in [-0.2, 0) is 4.79 Å². The third-order valence-electron chi connectivity index (χ3n) is 11.8. The molecule has 0 radical (unpaired) electrons. The highest BCUT2D eigenvalue weighted by Gasteiger charge is 2.20. The monoisotopic (exact) mass is 828 g/mol. The Bertz CT molecular complexity index is 958. The highest BCUT2D eigenvalue weighted by atomic mass is 16.3. The summed E-state index contributed by atoms with van der Waals surface area (Å²) in [5.41, 5.74) is 0. The molecule has 346 valence electrons. The Hall–Kier alpha value is -1.69. The van der Waals surface area contributed by atoms with Gasteiger partial charge in [-0.3, -0.25) is 4.79 Å². The lowest BCUT2D eigenvalue weighted by Crippen LogP contribution is -2.45. The third-order valence-corrected chi connectivity index (χ3v) is 11.8. The average molecular weight is 828 g/mol. The Balaban J connectivity index is 3.68. The minimum Gasteiger partial charge on any atom is -0.394 e. The lowest BCUT2D eigenvalue weighted by atomic mass is 10.0. The topological polar surface area (TPSA) is 89.8 Å². The summed E-state index contributed by atoms with van der Waals surface area (Å²) in [7, 11) is 0. The summed E-state index contributed by atoms with van der Waals surface area (Å²) in [5.74, 6) is -0.332. The fraction of sp³-hybridized carbons (Fsp3) is 0.833. The lowest BCUT2D eigenvalue weighted by molar-refractivity contribution is -0.124. The molecule has 0 bridgehead atoms. The van der Waals surface area contributed by atoms with E-state index in [1.165, 1.54) is 199 Å². The van der Waals surface area contributed by atoms with Crippen LogP contribution in [0.4, 0.5) is 0 Å². The predicted octanol–water partition coefficient (Wildman–Crippen LogP) is 15.7. The van der Waals surface area contributed by atoms with E-state index >= 15 is 0 Å². The molecule has 4 N–H and O–H groups in total. The van der Waals surface area contributed by atoms with Crippen LogP contribution in [0.2, 0.25) is 0 Å². The number of aliphatic hydroxyl groups is 3. The van der Waals surface area contributed by atoms with E-state index in [0.717, 1.165) is 38.5 Å². The molecule has 0 aliphatic rings. The van der Waals surface area contributed by atoms with E-state index in [-0.39, 0.29) is 18.9 Å². The van der Waals surface area contributed by atoms with Crippen molar-refractivity contribution in [2.75, 3.05) is 6.61 Å². The normalized spacial score (nSPS) is 13.8. The molecule has 0 saturated heterocycles. The molecule has 0 fully saturated rings. The van der Waals surface area contributed by atoms with Gasteiger partial charge in [-0.25, -0.2) is 0 Å². The molecule has 0 aromatic rings. The fourth-order valence-electron chi connectivity index (χ4n) is 7.84. The van der Waals surface area contributed by atoms with Gasteiger partial charge in [-0.2, -0.15) is 0 Å². The van der Waals surface area contributed by atoms with Crippen LogP contribution in [0.25, 0.3) is 0 Å².